The lowest BCUT2D eigenvalue weighted by molar-refractivity contribution is -0.115. The number of anilines is 1. The molecule has 1 amide bonds. The minimum absolute atomic E-state index is 0.167. The third-order valence-electron chi connectivity index (χ3n) is 2.81. The number of nitrogens with zero attached hydrogens (tertiary/aromatic N) is 1. The van der Waals surface area contributed by atoms with Crippen LogP contribution >= 0.6 is 27.3 Å². The van der Waals surface area contributed by atoms with Crippen molar-refractivity contribution in [2.24, 2.45) is 0 Å². The van der Waals surface area contributed by atoms with Crippen LogP contribution in [-0.2, 0) is 14.8 Å². The summed E-state index contributed by atoms with van der Waals surface area (Å²) in [6.45, 7) is 1.90. The lowest BCUT2D eigenvalue weighted by atomic mass is 10.3. The number of amides is 1. The molecule has 114 valence electrons. The molecule has 0 saturated carbocycles. The van der Waals surface area contributed by atoms with Crippen LogP contribution in [-0.4, -0.2) is 31.2 Å². The lowest BCUT2D eigenvalue weighted by Gasteiger charge is -2.04. The maximum Gasteiger partial charge on any atom is 0.240 e. The number of benzene rings is 1. The first-order valence-electron chi connectivity index (χ1n) is 6.16. The van der Waals surface area contributed by atoms with Crippen LogP contribution in [0, 0.1) is 0 Å². The molecule has 0 saturated heterocycles. The van der Waals surface area contributed by atoms with Crippen molar-refractivity contribution < 1.29 is 13.2 Å². The summed E-state index contributed by atoms with van der Waals surface area (Å²) in [5.74, 6) is -0.167. The van der Waals surface area contributed by atoms with Gasteiger partial charge in [-0.2, -0.15) is 0 Å². The topological polar surface area (TPSA) is 88.2 Å². The molecule has 9 heteroatoms. The van der Waals surface area contributed by atoms with Gasteiger partial charge in [0.2, 0.25) is 15.9 Å². The van der Waals surface area contributed by atoms with Gasteiger partial charge in [0.05, 0.1) is 19.9 Å². The van der Waals surface area contributed by atoms with E-state index < -0.39 is 10.0 Å². The van der Waals surface area contributed by atoms with E-state index in [0.29, 0.717) is 21.8 Å². The number of alkyl halides is 1. The van der Waals surface area contributed by atoms with Gasteiger partial charge in [0, 0.05) is 0 Å². The van der Waals surface area contributed by atoms with Gasteiger partial charge in [0.1, 0.15) is 0 Å². The molecule has 1 aromatic carbocycles. The summed E-state index contributed by atoms with van der Waals surface area (Å²) in [6.07, 6.45) is 0.668. The smallest absolute Gasteiger partial charge is 0.240 e. The molecule has 2 N–H and O–H groups in total. The number of rotatable bonds is 5. The predicted octanol–water partition coefficient (Wildman–Crippen LogP) is 2.32. The third kappa shape index (κ3) is 3.60. The zero-order valence-corrected chi connectivity index (χ0v) is 14.6. The molecule has 0 aliphatic rings. The monoisotopic (exact) mass is 391 g/mol. The maximum absolute atomic E-state index is 11.8. The molecule has 0 aliphatic heterocycles. The molecular weight excluding hydrogens is 378 g/mol. The van der Waals surface area contributed by atoms with E-state index in [-0.39, 0.29) is 15.6 Å². The Kier molecular flexibility index (Phi) is 4.97. The molecule has 0 fully saturated rings. The van der Waals surface area contributed by atoms with Crippen LogP contribution in [0.3, 0.4) is 0 Å². The summed E-state index contributed by atoms with van der Waals surface area (Å²) in [7, 11) is -2.13. The quantitative estimate of drug-likeness (QED) is 0.765. The molecule has 0 bridgehead atoms. The first-order valence-corrected chi connectivity index (χ1v) is 9.38. The molecule has 0 aliphatic carbocycles. The number of fused-ring (bicyclic) bond motifs is 1. The van der Waals surface area contributed by atoms with Gasteiger partial charge in [0.15, 0.2) is 5.13 Å². The number of halogens is 1. The molecule has 1 heterocycles. The number of carbonyl (C=O) groups is 1. The fourth-order valence-corrected chi connectivity index (χ4v) is 3.47. The summed E-state index contributed by atoms with van der Waals surface area (Å²) in [4.78, 5) is 16.0. The number of aromatic nitrogens is 1. The van der Waals surface area contributed by atoms with Gasteiger partial charge in [-0.05, 0) is 31.7 Å². The number of nitrogens with one attached hydrogen (secondary N) is 2. The molecule has 0 spiro atoms. The van der Waals surface area contributed by atoms with Crippen LogP contribution in [0.15, 0.2) is 23.1 Å². The Morgan fingerprint density at radius 3 is 2.81 bits per heavy atom. The Labute approximate surface area is 135 Å². The van der Waals surface area contributed by atoms with E-state index in [9.17, 15) is 13.2 Å². The number of thiazole rings is 1. The van der Waals surface area contributed by atoms with Crippen molar-refractivity contribution in [3.05, 3.63) is 18.2 Å². The first-order chi connectivity index (χ1) is 9.87. The van der Waals surface area contributed by atoms with E-state index in [2.05, 4.69) is 31.0 Å². The van der Waals surface area contributed by atoms with E-state index in [1.54, 1.807) is 12.1 Å². The minimum atomic E-state index is -3.49. The van der Waals surface area contributed by atoms with E-state index in [1.807, 2.05) is 6.92 Å². The van der Waals surface area contributed by atoms with Crippen molar-refractivity contribution in [2.45, 2.75) is 23.1 Å². The Morgan fingerprint density at radius 2 is 2.19 bits per heavy atom. The highest BCUT2D eigenvalue weighted by Crippen LogP contribution is 2.28. The normalized spacial score (nSPS) is 13.3. The Balaban J connectivity index is 2.32. The average Bonchev–Trinajstić information content (AvgIpc) is 2.87. The van der Waals surface area contributed by atoms with Gasteiger partial charge in [0.25, 0.3) is 0 Å². The van der Waals surface area contributed by atoms with Crippen LogP contribution in [0.2, 0.25) is 0 Å². The number of carbonyl (C=O) groups excluding carboxylic acids is 1. The van der Waals surface area contributed by atoms with Crippen LogP contribution in [0.4, 0.5) is 5.13 Å². The maximum atomic E-state index is 11.8. The standard InChI is InChI=1S/C12H14BrN3O3S2/c1-3-8(13)11(17)16-12-15-9-5-4-7(6-10(9)20-12)21(18,19)14-2/h4-6,8,14H,3H2,1-2H3,(H,15,16,17). The number of sulfonamides is 1. The summed E-state index contributed by atoms with van der Waals surface area (Å²) < 4.78 is 26.5. The van der Waals surface area contributed by atoms with Crippen molar-refractivity contribution in [1.82, 2.24) is 9.71 Å². The van der Waals surface area contributed by atoms with Gasteiger partial charge in [-0.1, -0.05) is 34.2 Å². The Morgan fingerprint density at radius 1 is 1.48 bits per heavy atom. The minimum Gasteiger partial charge on any atom is -0.301 e. The summed E-state index contributed by atoms with van der Waals surface area (Å²) in [6, 6.07) is 4.65. The van der Waals surface area contributed by atoms with Gasteiger partial charge < -0.3 is 5.32 Å². The average molecular weight is 392 g/mol. The number of hydrogen-bond acceptors (Lipinski definition) is 5. The van der Waals surface area contributed by atoms with Gasteiger partial charge in [-0.15, -0.1) is 0 Å². The summed E-state index contributed by atoms with van der Waals surface area (Å²) in [5.41, 5.74) is 0.646. The van der Waals surface area contributed by atoms with Crippen molar-refractivity contribution in [1.29, 1.82) is 0 Å². The largest absolute Gasteiger partial charge is 0.301 e. The highest BCUT2D eigenvalue weighted by molar-refractivity contribution is 9.10. The van der Waals surface area contributed by atoms with Gasteiger partial charge in [-0.25, -0.2) is 18.1 Å². The van der Waals surface area contributed by atoms with Crippen LogP contribution in [0.25, 0.3) is 10.2 Å². The summed E-state index contributed by atoms with van der Waals surface area (Å²) >= 11 is 4.51. The van der Waals surface area contributed by atoms with Crippen molar-refractivity contribution in [3.63, 3.8) is 0 Å². The molecule has 2 rings (SSSR count). The molecule has 6 nitrogen and oxygen atoms in total. The second-order valence-corrected chi connectivity index (χ2v) is 8.24. The van der Waals surface area contributed by atoms with Crippen LogP contribution in [0.5, 0.6) is 0 Å². The lowest BCUT2D eigenvalue weighted by Crippen LogP contribution is -2.21. The Hall–Kier alpha value is -1.03. The van der Waals surface area contributed by atoms with E-state index >= 15 is 0 Å². The zero-order valence-electron chi connectivity index (χ0n) is 11.4. The molecule has 21 heavy (non-hydrogen) atoms. The van der Waals surface area contributed by atoms with E-state index in [1.165, 1.54) is 24.5 Å². The van der Waals surface area contributed by atoms with Crippen molar-refractivity contribution in [3.8, 4) is 0 Å². The molecule has 1 aromatic heterocycles. The fraction of sp³-hybridized carbons (Fsp3) is 0.333. The predicted molar refractivity (Wildman–Crippen MR) is 87.5 cm³/mol. The van der Waals surface area contributed by atoms with Crippen molar-refractivity contribution in [2.75, 3.05) is 12.4 Å². The molecule has 1 atom stereocenters. The van der Waals surface area contributed by atoms with Gasteiger partial charge >= 0.3 is 0 Å². The SMILES string of the molecule is CCC(Br)C(=O)Nc1nc2ccc(S(=O)(=O)NC)cc2s1. The second-order valence-electron chi connectivity index (χ2n) is 4.22. The van der Waals surface area contributed by atoms with Crippen LogP contribution < -0.4 is 10.0 Å². The molecule has 0 radical (unpaired) electrons. The highest BCUT2D eigenvalue weighted by atomic mass is 79.9. The highest BCUT2D eigenvalue weighted by Gasteiger charge is 2.16. The summed E-state index contributed by atoms with van der Waals surface area (Å²) in [5, 5.41) is 3.16. The molecular formula is C12H14BrN3O3S2. The first kappa shape index (κ1) is 16.3. The third-order valence-corrected chi connectivity index (χ3v) is 6.22. The fourth-order valence-electron chi connectivity index (χ4n) is 1.61. The zero-order chi connectivity index (χ0) is 15.6. The van der Waals surface area contributed by atoms with Crippen molar-refractivity contribution >= 4 is 58.5 Å². The number of hydrogen-bond donors (Lipinski definition) is 2. The van der Waals surface area contributed by atoms with E-state index in [0.717, 1.165) is 0 Å². The Bertz CT molecular complexity index is 773. The van der Waals surface area contributed by atoms with Gasteiger partial charge in [-0.3, -0.25) is 4.79 Å². The molecule has 2 aromatic rings. The molecule has 1 unspecified atom stereocenters. The van der Waals surface area contributed by atoms with Crippen LogP contribution in [0.1, 0.15) is 13.3 Å². The van der Waals surface area contributed by atoms with E-state index in [4.69, 9.17) is 0 Å². The second kappa shape index (κ2) is 6.39.